The molecule has 0 amide bonds. The van der Waals surface area contributed by atoms with E-state index in [1.807, 2.05) is 6.92 Å². The first kappa shape index (κ1) is 17.0. The van der Waals surface area contributed by atoms with E-state index in [0.29, 0.717) is 18.3 Å². The Morgan fingerprint density at radius 3 is 2.45 bits per heavy atom. The smallest absolute Gasteiger partial charge is 0.165 e. The highest BCUT2D eigenvalue weighted by molar-refractivity contribution is 5.29. The fourth-order valence-electron chi connectivity index (χ4n) is 1.84. The van der Waals surface area contributed by atoms with Gasteiger partial charge in [-0.3, -0.25) is 0 Å². The molecular formula is C17H27FO2. The van der Waals surface area contributed by atoms with Gasteiger partial charge in [0.05, 0.1) is 6.61 Å². The zero-order valence-electron chi connectivity index (χ0n) is 13.0. The quantitative estimate of drug-likeness (QED) is 0.793. The third-order valence-electron chi connectivity index (χ3n) is 3.40. The van der Waals surface area contributed by atoms with Crippen molar-refractivity contribution in [2.75, 3.05) is 19.8 Å². The molecular weight excluding hydrogens is 255 g/mol. The molecule has 0 N–H and O–H groups in total. The van der Waals surface area contributed by atoms with Gasteiger partial charge < -0.3 is 9.47 Å². The summed E-state index contributed by atoms with van der Waals surface area (Å²) in [7, 11) is 0. The van der Waals surface area contributed by atoms with Crippen molar-refractivity contribution in [1.82, 2.24) is 0 Å². The largest absolute Gasteiger partial charge is 0.490 e. The maximum absolute atomic E-state index is 13.4. The van der Waals surface area contributed by atoms with Crippen molar-refractivity contribution in [2.45, 2.75) is 46.5 Å². The number of rotatable bonds is 4. The summed E-state index contributed by atoms with van der Waals surface area (Å²) >= 11 is 0. The molecule has 2 nitrogen and oxygen atoms in total. The number of aryl methyl sites for hydroxylation is 1. The van der Waals surface area contributed by atoms with E-state index in [4.69, 9.17) is 9.47 Å². The average Bonchev–Trinajstić information content (AvgIpc) is 2.49. The highest BCUT2D eigenvalue weighted by Crippen LogP contribution is 2.21. The second-order valence-electron chi connectivity index (χ2n) is 5.30. The number of unbranched alkanes of at least 4 members (excludes halogenated alkanes) is 1. The standard InChI is InChI=1S/C13H17FO2.C4H10/c1-10-2-3-12(14)13(8-10)16-9-11-4-6-15-7-5-11;1-3-4-2/h2-3,8,11H,4-7,9H2,1H3;3-4H2,1-2H3. The van der Waals surface area contributed by atoms with Gasteiger partial charge in [-0.25, -0.2) is 4.39 Å². The lowest BCUT2D eigenvalue weighted by Gasteiger charge is -2.22. The van der Waals surface area contributed by atoms with Crippen LogP contribution in [0.3, 0.4) is 0 Å². The Hall–Kier alpha value is -1.09. The first-order valence-corrected chi connectivity index (χ1v) is 7.64. The zero-order chi connectivity index (χ0) is 14.8. The molecule has 0 bridgehead atoms. The lowest BCUT2D eigenvalue weighted by atomic mass is 10.0. The maximum atomic E-state index is 13.4. The molecule has 1 heterocycles. The zero-order valence-corrected chi connectivity index (χ0v) is 13.0. The highest BCUT2D eigenvalue weighted by Gasteiger charge is 2.15. The van der Waals surface area contributed by atoms with Crippen molar-refractivity contribution >= 4 is 0 Å². The van der Waals surface area contributed by atoms with Gasteiger partial charge in [0.2, 0.25) is 0 Å². The van der Waals surface area contributed by atoms with Crippen LogP contribution in [0.4, 0.5) is 4.39 Å². The van der Waals surface area contributed by atoms with E-state index in [1.165, 1.54) is 18.9 Å². The van der Waals surface area contributed by atoms with Crippen LogP contribution < -0.4 is 4.74 Å². The van der Waals surface area contributed by atoms with E-state index in [1.54, 1.807) is 12.1 Å². The summed E-state index contributed by atoms with van der Waals surface area (Å²) in [6.45, 7) is 8.47. The van der Waals surface area contributed by atoms with Gasteiger partial charge in [0.1, 0.15) is 0 Å². The molecule has 0 unspecified atom stereocenters. The molecule has 1 aliphatic heterocycles. The SMILES string of the molecule is CCCC.Cc1ccc(F)c(OCC2CCOCC2)c1. The van der Waals surface area contributed by atoms with Crippen LogP contribution in [0.15, 0.2) is 18.2 Å². The molecule has 0 saturated carbocycles. The third-order valence-corrected chi connectivity index (χ3v) is 3.40. The Labute approximate surface area is 122 Å². The van der Waals surface area contributed by atoms with Crippen LogP contribution in [0.1, 0.15) is 45.1 Å². The van der Waals surface area contributed by atoms with Crippen molar-refractivity contribution in [3.8, 4) is 5.75 Å². The Morgan fingerprint density at radius 2 is 1.85 bits per heavy atom. The molecule has 1 aromatic carbocycles. The second-order valence-corrected chi connectivity index (χ2v) is 5.30. The van der Waals surface area contributed by atoms with Crippen molar-refractivity contribution in [1.29, 1.82) is 0 Å². The van der Waals surface area contributed by atoms with E-state index in [9.17, 15) is 4.39 Å². The molecule has 2 rings (SSSR count). The van der Waals surface area contributed by atoms with Gasteiger partial charge >= 0.3 is 0 Å². The average molecular weight is 282 g/mol. The summed E-state index contributed by atoms with van der Waals surface area (Å²) in [6, 6.07) is 4.94. The lowest BCUT2D eigenvalue weighted by Crippen LogP contribution is -2.21. The van der Waals surface area contributed by atoms with Gasteiger partial charge in [-0.15, -0.1) is 0 Å². The van der Waals surface area contributed by atoms with Crippen molar-refractivity contribution in [3.05, 3.63) is 29.6 Å². The first-order chi connectivity index (χ1) is 9.67. The number of halogens is 1. The van der Waals surface area contributed by atoms with Crippen LogP contribution in [0.5, 0.6) is 5.75 Å². The fraction of sp³-hybridized carbons (Fsp3) is 0.647. The van der Waals surface area contributed by atoms with E-state index in [-0.39, 0.29) is 5.82 Å². The third kappa shape index (κ3) is 6.38. The molecule has 114 valence electrons. The van der Waals surface area contributed by atoms with Gasteiger partial charge in [0.15, 0.2) is 11.6 Å². The van der Waals surface area contributed by atoms with Crippen molar-refractivity contribution < 1.29 is 13.9 Å². The van der Waals surface area contributed by atoms with E-state index in [2.05, 4.69) is 13.8 Å². The number of hydrogen-bond donors (Lipinski definition) is 0. The minimum absolute atomic E-state index is 0.280. The topological polar surface area (TPSA) is 18.5 Å². The fourth-order valence-corrected chi connectivity index (χ4v) is 1.84. The van der Waals surface area contributed by atoms with Crippen LogP contribution in [-0.4, -0.2) is 19.8 Å². The van der Waals surface area contributed by atoms with E-state index in [0.717, 1.165) is 31.6 Å². The van der Waals surface area contributed by atoms with Crippen LogP contribution in [0.2, 0.25) is 0 Å². The van der Waals surface area contributed by atoms with Gasteiger partial charge in [-0.05, 0) is 43.4 Å². The summed E-state index contributed by atoms with van der Waals surface area (Å²) in [5, 5.41) is 0. The van der Waals surface area contributed by atoms with Gasteiger partial charge in [-0.1, -0.05) is 32.8 Å². The summed E-state index contributed by atoms with van der Waals surface area (Å²) in [6.07, 6.45) is 4.65. The summed E-state index contributed by atoms with van der Waals surface area (Å²) in [4.78, 5) is 0. The van der Waals surface area contributed by atoms with E-state index < -0.39 is 0 Å². The molecule has 0 radical (unpaired) electrons. The van der Waals surface area contributed by atoms with Gasteiger partial charge in [0, 0.05) is 13.2 Å². The predicted octanol–water partition coefficient (Wildman–Crippen LogP) is 4.75. The molecule has 0 aromatic heterocycles. The first-order valence-electron chi connectivity index (χ1n) is 7.64. The Morgan fingerprint density at radius 1 is 1.20 bits per heavy atom. The van der Waals surface area contributed by atoms with Gasteiger partial charge in [0.25, 0.3) is 0 Å². The Balaban J connectivity index is 0.000000444. The van der Waals surface area contributed by atoms with Crippen LogP contribution >= 0.6 is 0 Å². The van der Waals surface area contributed by atoms with E-state index >= 15 is 0 Å². The van der Waals surface area contributed by atoms with Crippen LogP contribution in [-0.2, 0) is 4.74 Å². The molecule has 1 saturated heterocycles. The van der Waals surface area contributed by atoms with Crippen molar-refractivity contribution in [3.63, 3.8) is 0 Å². The summed E-state index contributed by atoms with van der Waals surface area (Å²) < 4.78 is 24.2. The molecule has 1 aliphatic rings. The molecule has 0 spiro atoms. The maximum Gasteiger partial charge on any atom is 0.165 e. The Kier molecular flexibility index (Phi) is 8.28. The number of ether oxygens (including phenoxy) is 2. The molecule has 0 aliphatic carbocycles. The lowest BCUT2D eigenvalue weighted by molar-refractivity contribution is 0.0491. The minimum Gasteiger partial charge on any atom is -0.490 e. The molecule has 1 aromatic rings. The summed E-state index contributed by atoms with van der Waals surface area (Å²) in [5.41, 5.74) is 1.02. The normalized spacial score (nSPS) is 15.4. The van der Waals surface area contributed by atoms with Crippen LogP contribution in [0, 0.1) is 18.7 Å². The highest BCUT2D eigenvalue weighted by atomic mass is 19.1. The van der Waals surface area contributed by atoms with Crippen LogP contribution in [0.25, 0.3) is 0 Å². The Bertz CT molecular complexity index is 371. The molecule has 3 heteroatoms. The minimum atomic E-state index is -0.280. The predicted molar refractivity (Wildman–Crippen MR) is 80.8 cm³/mol. The monoisotopic (exact) mass is 282 g/mol. The number of benzene rings is 1. The van der Waals surface area contributed by atoms with Gasteiger partial charge in [-0.2, -0.15) is 0 Å². The molecule has 0 atom stereocenters. The molecule has 20 heavy (non-hydrogen) atoms. The number of hydrogen-bond acceptors (Lipinski definition) is 2. The van der Waals surface area contributed by atoms with Crippen molar-refractivity contribution in [2.24, 2.45) is 5.92 Å². The summed E-state index contributed by atoms with van der Waals surface area (Å²) in [5.74, 6) is 0.581. The molecule has 1 fully saturated rings. The second kappa shape index (κ2) is 9.76.